The highest BCUT2D eigenvalue weighted by atomic mass is 16.5. The molecule has 3 N–H and O–H groups in total. The average molecular weight is 255 g/mol. The Morgan fingerprint density at radius 2 is 2.06 bits per heavy atom. The van der Waals surface area contributed by atoms with Crippen LogP contribution in [-0.4, -0.2) is 42.5 Å². The summed E-state index contributed by atoms with van der Waals surface area (Å²) < 4.78 is 10.2. The van der Waals surface area contributed by atoms with Crippen LogP contribution < -0.4 is 14.8 Å². The molecule has 0 amide bonds. The number of ether oxygens (including phenoxy) is 2. The molecule has 100 valence electrons. The van der Waals surface area contributed by atoms with Gasteiger partial charge in [0.1, 0.15) is 11.5 Å². The van der Waals surface area contributed by atoms with Crippen molar-refractivity contribution in [3.05, 3.63) is 18.2 Å². The van der Waals surface area contributed by atoms with E-state index in [0.29, 0.717) is 17.2 Å². The van der Waals surface area contributed by atoms with Crippen molar-refractivity contribution in [2.75, 3.05) is 26.1 Å². The number of hydrogen-bond donors (Lipinski definition) is 3. The number of carboxylic acid groups (broad SMARTS) is 1. The van der Waals surface area contributed by atoms with E-state index < -0.39 is 11.6 Å². The van der Waals surface area contributed by atoms with Crippen molar-refractivity contribution < 1.29 is 24.5 Å². The third-order valence-electron chi connectivity index (χ3n) is 2.49. The number of carbonyl (C=O) groups is 1. The second kappa shape index (κ2) is 5.59. The quantitative estimate of drug-likeness (QED) is 0.701. The number of methoxy groups -OCH3 is 2. The van der Waals surface area contributed by atoms with Crippen LogP contribution in [0.5, 0.6) is 11.5 Å². The summed E-state index contributed by atoms with van der Waals surface area (Å²) in [6.45, 7) is 1.09. The minimum atomic E-state index is -1.84. The lowest BCUT2D eigenvalue weighted by Crippen LogP contribution is -2.41. The first-order chi connectivity index (χ1) is 8.40. The van der Waals surface area contributed by atoms with Gasteiger partial charge in [0.2, 0.25) is 0 Å². The van der Waals surface area contributed by atoms with Crippen molar-refractivity contribution in [1.82, 2.24) is 0 Å². The Morgan fingerprint density at radius 1 is 1.39 bits per heavy atom. The molecule has 1 unspecified atom stereocenters. The zero-order valence-electron chi connectivity index (χ0n) is 10.6. The third-order valence-corrected chi connectivity index (χ3v) is 2.49. The second-order valence-corrected chi connectivity index (χ2v) is 4.00. The third kappa shape index (κ3) is 3.27. The zero-order chi connectivity index (χ0) is 13.8. The monoisotopic (exact) mass is 255 g/mol. The molecule has 0 saturated carbocycles. The molecule has 18 heavy (non-hydrogen) atoms. The van der Waals surface area contributed by atoms with Crippen LogP contribution in [0.25, 0.3) is 0 Å². The Kier molecular flexibility index (Phi) is 4.38. The minimum Gasteiger partial charge on any atom is -0.497 e. The molecule has 1 atom stereocenters. The number of aliphatic hydroxyl groups is 1. The fourth-order valence-corrected chi connectivity index (χ4v) is 1.29. The maximum Gasteiger partial charge on any atom is 0.337 e. The van der Waals surface area contributed by atoms with Crippen molar-refractivity contribution in [2.45, 2.75) is 12.5 Å². The summed E-state index contributed by atoms with van der Waals surface area (Å²) in [5.74, 6) is -0.152. The van der Waals surface area contributed by atoms with Gasteiger partial charge in [-0.3, -0.25) is 0 Å². The van der Waals surface area contributed by atoms with Gasteiger partial charge in [-0.05, 0) is 19.1 Å². The molecule has 0 saturated heterocycles. The smallest absolute Gasteiger partial charge is 0.337 e. The van der Waals surface area contributed by atoms with E-state index in [1.54, 1.807) is 18.2 Å². The van der Waals surface area contributed by atoms with E-state index in [2.05, 4.69) is 5.32 Å². The van der Waals surface area contributed by atoms with Gasteiger partial charge in [0.15, 0.2) is 5.60 Å². The highest BCUT2D eigenvalue weighted by molar-refractivity contribution is 5.77. The molecule has 0 spiro atoms. The largest absolute Gasteiger partial charge is 0.497 e. The highest BCUT2D eigenvalue weighted by Crippen LogP contribution is 2.29. The molecule has 6 nitrogen and oxygen atoms in total. The summed E-state index contributed by atoms with van der Waals surface area (Å²) in [5, 5.41) is 21.2. The predicted molar refractivity (Wildman–Crippen MR) is 66.3 cm³/mol. The predicted octanol–water partition coefficient (Wildman–Crippen LogP) is 0.951. The van der Waals surface area contributed by atoms with Crippen LogP contribution in [0.15, 0.2) is 18.2 Å². The molecular weight excluding hydrogens is 238 g/mol. The van der Waals surface area contributed by atoms with Gasteiger partial charge in [-0.25, -0.2) is 4.79 Å². The number of aliphatic carboxylic acids is 1. The van der Waals surface area contributed by atoms with Crippen LogP contribution in [0.2, 0.25) is 0 Å². The van der Waals surface area contributed by atoms with E-state index in [4.69, 9.17) is 14.6 Å². The van der Waals surface area contributed by atoms with Crippen molar-refractivity contribution in [3.63, 3.8) is 0 Å². The van der Waals surface area contributed by atoms with Gasteiger partial charge in [0.25, 0.3) is 0 Å². The topological polar surface area (TPSA) is 88.0 Å². The molecule has 1 rings (SSSR count). The summed E-state index contributed by atoms with van der Waals surface area (Å²) in [4.78, 5) is 10.8. The van der Waals surface area contributed by atoms with E-state index >= 15 is 0 Å². The van der Waals surface area contributed by atoms with Crippen molar-refractivity contribution in [3.8, 4) is 11.5 Å². The Balaban J connectivity index is 2.82. The first kappa shape index (κ1) is 14.1. The molecule has 1 aromatic rings. The highest BCUT2D eigenvalue weighted by Gasteiger charge is 2.29. The summed E-state index contributed by atoms with van der Waals surface area (Å²) in [7, 11) is 3.03. The first-order valence-corrected chi connectivity index (χ1v) is 5.32. The number of hydrogen-bond acceptors (Lipinski definition) is 5. The standard InChI is InChI=1S/C12H17NO5/c1-12(16,11(14)15)7-13-9-5-4-8(17-2)6-10(9)18-3/h4-6,13,16H,7H2,1-3H3,(H,14,15). The summed E-state index contributed by atoms with van der Waals surface area (Å²) in [6.07, 6.45) is 0. The lowest BCUT2D eigenvalue weighted by atomic mass is 10.1. The Bertz CT molecular complexity index is 430. The fraction of sp³-hybridized carbons (Fsp3) is 0.417. The fourth-order valence-electron chi connectivity index (χ4n) is 1.29. The second-order valence-electron chi connectivity index (χ2n) is 4.00. The number of rotatable bonds is 6. The van der Waals surface area contributed by atoms with Crippen LogP contribution in [0.3, 0.4) is 0 Å². The van der Waals surface area contributed by atoms with Crippen molar-refractivity contribution in [1.29, 1.82) is 0 Å². The van der Waals surface area contributed by atoms with E-state index in [-0.39, 0.29) is 6.54 Å². The molecule has 0 fully saturated rings. The number of anilines is 1. The molecule has 0 aliphatic heterocycles. The van der Waals surface area contributed by atoms with Gasteiger partial charge in [-0.1, -0.05) is 0 Å². The molecular formula is C12H17NO5. The van der Waals surface area contributed by atoms with Crippen LogP contribution in [0, 0.1) is 0 Å². The maximum atomic E-state index is 10.8. The molecule has 0 heterocycles. The molecule has 0 aromatic heterocycles. The maximum absolute atomic E-state index is 10.8. The van der Waals surface area contributed by atoms with Crippen LogP contribution >= 0.6 is 0 Å². The van der Waals surface area contributed by atoms with Gasteiger partial charge >= 0.3 is 5.97 Å². The summed E-state index contributed by atoms with van der Waals surface area (Å²) >= 11 is 0. The molecule has 0 bridgehead atoms. The Hall–Kier alpha value is -1.95. The lowest BCUT2D eigenvalue weighted by Gasteiger charge is -2.20. The first-order valence-electron chi connectivity index (χ1n) is 5.32. The molecule has 0 radical (unpaired) electrons. The minimum absolute atomic E-state index is 0.134. The summed E-state index contributed by atoms with van der Waals surface area (Å²) in [5.41, 5.74) is -1.26. The van der Waals surface area contributed by atoms with E-state index in [1.807, 2.05) is 0 Å². The van der Waals surface area contributed by atoms with Crippen LogP contribution in [0.1, 0.15) is 6.92 Å². The van der Waals surface area contributed by atoms with Crippen LogP contribution in [0.4, 0.5) is 5.69 Å². The molecule has 1 aromatic carbocycles. The number of benzene rings is 1. The average Bonchev–Trinajstić information content (AvgIpc) is 2.35. The van der Waals surface area contributed by atoms with Gasteiger partial charge in [0, 0.05) is 6.07 Å². The number of nitrogens with one attached hydrogen (secondary N) is 1. The molecule has 0 aliphatic carbocycles. The van der Waals surface area contributed by atoms with Gasteiger partial charge in [0.05, 0.1) is 26.5 Å². The van der Waals surface area contributed by atoms with Gasteiger partial charge in [-0.15, -0.1) is 0 Å². The number of carboxylic acids is 1. The van der Waals surface area contributed by atoms with Gasteiger partial charge < -0.3 is 25.0 Å². The SMILES string of the molecule is COc1ccc(NCC(C)(O)C(=O)O)c(OC)c1. The normalized spacial score (nSPS) is 13.6. The van der Waals surface area contributed by atoms with Crippen molar-refractivity contribution in [2.24, 2.45) is 0 Å². The van der Waals surface area contributed by atoms with E-state index in [9.17, 15) is 9.90 Å². The van der Waals surface area contributed by atoms with Gasteiger partial charge in [-0.2, -0.15) is 0 Å². The molecule has 6 heteroatoms. The Morgan fingerprint density at radius 3 is 2.56 bits per heavy atom. The zero-order valence-corrected chi connectivity index (χ0v) is 10.6. The molecule has 0 aliphatic rings. The van der Waals surface area contributed by atoms with E-state index in [0.717, 1.165) is 0 Å². The Labute approximate surface area is 105 Å². The van der Waals surface area contributed by atoms with Crippen molar-refractivity contribution >= 4 is 11.7 Å². The lowest BCUT2D eigenvalue weighted by molar-refractivity contribution is -0.155. The van der Waals surface area contributed by atoms with E-state index in [1.165, 1.54) is 21.1 Å². The summed E-state index contributed by atoms with van der Waals surface area (Å²) in [6, 6.07) is 5.06. The van der Waals surface area contributed by atoms with Crippen LogP contribution in [-0.2, 0) is 4.79 Å².